The topological polar surface area (TPSA) is 81.5 Å². The Labute approximate surface area is 135 Å². The van der Waals surface area contributed by atoms with E-state index in [0.29, 0.717) is 17.1 Å². The number of nitrogens with zero attached hydrogens (tertiary/aromatic N) is 1. The van der Waals surface area contributed by atoms with E-state index in [1.165, 1.54) is 24.3 Å². The number of carbonyl (C=O) groups is 1. The SMILES string of the molecule is CC.CNC(=O)c1ccc(Oc2ccc([N+](=O)[O-])cc2)cc1C. The van der Waals surface area contributed by atoms with Crippen LogP contribution < -0.4 is 10.1 Å². The van der Waals surface area contributed by atoms with Gasteiger partial charge in [0.1, 0.15) is 11.5 Å². The maximum absolute atomic E-state index is 11.6. The molecule has 0 spiro atoms. The molecule has 0 bridgehead atoms. The van der Waals surface area contributed by atoms with E-state index in [4.69, 9.17) is 4.74 Å². The van der Waals surface area contributed by atoms with E-state index >= 15 is 0 Å². The van der Waals surface area contributed by atoms with Crippen LogP contribution in [0.25, 0.3) is 0 Å². The quantitative estimate of drug-likeness (QED) is 0.680. The lowest BCUT2D eigenvalue weighted by atomic mass is 10.1. The van der Waals surface area contributed by atoms with Crippen LogP contribution in [0, 0.1) is 17.0 Å². The van der Waals surface area contributed by atoms with Crippen molar-refractivity contribution in [1.82, 2.24) is 5.32 Å². The number of hydrogen-bond acceptors (Lipinski definition) is 4. The maximum Gasteiger partial charge on any atom is 0.269 e. The predicted molar refractivity (Wildman–Crippen MR) is 89.1 cm³/mol. The highest BCUT2D eigenvalue weighted by molar-refractivity contribution is 5.95. The molecule has 0 aliphatic rings. The fourth-order valence-electron chi connectivity index (χ4n) is 1.86. The first-order chi connectivity index (χ1) is 11.0. The fraction of sp³-hybridized carbons (Fsp3) is 0.235. The second kappa shape index (κ2) is 8.53. The van der Waals surface area contributed by atoms with Crippen LogP contribution in [-0.2, 0) is 0 Å². The maximum atomic E-state index is 11.6. The molecule has 0 unspecified atom stereocenters. The van der Waals surface area contributed by atoms with E-state index in [9.17, 15) is 14.9 Å². The van der Waals surface area contributed by atoms with Crippen LogP contribution in [0.1, 0.15) is 29.8 Å². The molecule has 1 amide bonds. The van der Waals surface area contributed by atoms with Gasteiger partial charge in [0.25, 0.3) is 11.6 Å². The molecule has 0 fully saturated rings. The summed E-state index contributed by atoms with van der Waals surface area (Å²) in [6.07, 6.45) is 0. The molecule has 6 nitrogen and oxygen atoms in total. The van der Waals surface area contributed by atoms with E-state index in [-0.39, 0.29) is 11.6 Å². The third-order valence-corrected chi connectivity index (χ3v) is 2.95. The van der Waals surface area contributed by atoms with E-state index < -0.39 is 4.92 Å². The van der Waals surface area contributed by atoms with Crippen molar-refractivity contribution in [3.8, 4) is 11.5 Å². The molecule has 0 heterocycles. The minimum absolute atomic E-state index is 0.00787. The van der Waals surface area contributed by atoms with Crippen molar-refractivity contribution in [2.75, 3.05) is 7.05 Å². The zero-order valence-corrected chi connectivity index (χ0v) is 13.6. The number of amides is 1. The Hall–Kier alpha value is -2.89. The lowest BCUT2D eigenvalue weighted by molar-refractivity contribution is -0.384. The number of non-ortho nitro benzene ring substituents is 1. The molecule has 0 aromatic heterocycles. The molecule has 0 atom stereocenters. The van der Waals surface area contributed by atoms with Crippen molar-refractivity contribution in [3.63, 3.8) is 0 Å². The number of aryl methyl sites for hydroxylation is 1. The highest BCUT2D eigenvalue weighted by Gasteiger charge is 2.09. The molecule has 2 aromatic carbocycles. The first-order valence-electron chi connectivity index (χ1n) is 7.26. The first-order valence-corrected chi connectivity index (χ1v) is 7.26. The largest absolute Gasteiger partial charge is 0.457 e. The van der Waals surface area contributed by atoms with Crippen molar-refractivity contribution in [1.29, 1.82) is 0 Å². The summed E-state index contributed by atoms with van der Waals surface area (Å²) in [5, 5.41) is 13.1. The zero-order valence-electron chi connectivity index (χ0n) is 13.6. The summed E-state index contributed by atoms with van der Waals surface area (Å²) >= 11 is 0. The van der Waals surface area contributed by atoms with Gasteiger partial charge >= 0.3 is 0 Å². The second-order valence-corrected chi connectivity index (χ2v) is 4.41. The summed E-state index contributed by atoms with van der Waals surface area (Å²) in [7, 11) is 1.57. The summed E-state index contributed by atoms with van der Waals surface area (Å²) in [4.78, 5) is 21.7. The highest BCUT2D eigenvalue weighted by atomic mass is 16.6. The number of carbonyl (C=O) groups excluding carboxylic acids is 1. The van der Waals surface area contributed by atoms with Gasteiger partial charge in [-0.1, -0.05) is 13.8 Å². The van der Waals surface area contributed by atoms with Gasteiger partial charge in [-0.05, 0) is 42.8 Å². The Morgan fingerprint density at radius 2 is 1.65 bits per heavy atom. The lowest BCUT2D eigenvalue weighted by Crippen LogP contribution is -2.18. The summed E-state index contributed by atoms with van der Waals surface area (Å²) in [6, 6.07) is 10.9. The van der Waals surface area contributed by atoms with E-state index in [1.54, 1.807) is 25.2 Å². The number of nitro groups is 1. The van der Waals surface area contributed by atoms with Crippen molar-refractivity contribution in [2.24, 2.45) is 0 Å². The Balaban J connectivity index is 0.00000127. The number of nitro benzene ring substituents is 1. The van der Waals surface area contributed by atoms with Crippen LogP contribution in [0.5, 0.6) is 11.5 Å². The molecule has 0 saturated heterocycles. The number of nitrogens with one attached hydrogen (secondary N) is 1. The molecule has 0 radical (unpaired) electrons. The summed E-state index contributed by atoms with van der Waals surface area (Å²) < 4.78 is 5.61. The van der Waals surface area contributed by atoms with Gasteiger partial charge in [-0.15, -0.1) is 0 Å². The van der Waals surface area contributed by atoms with Crippen LogP contribution in [0.4, 0.5) is 5.69 Å². The standard InChI is InChI=1S/C15H14N2O4.C2H6/c1-10-9-13(7-8-14(10)15(18)16-2)21-12-5-3-11(4-6-12)17(19)20;1-2/h3-9H,1-2H3,(H,16,18);1-2H3. The van der Waals surface area contributed by atoms with Crippen molar-refractivity contribution < 1.29 is 14.5 Å². The molecule has 2 rings (SSSR count). The Morgan fingerprint density at radius 1 is 1.09 bits per heavy atom. The van der Waals surface area contributed by atoms with Crippen LogP contribution in [0.3, 0.4) is 0 Å². The van der Waals surface area contributed by atoms with Gasteiger partial charge in [-0.25, -0.2) is 0 Å². The molecule has 23 heavy (non-hydrogen) atoms. The van der Waals surface area contributed by atoms with Crippen molar-refractivity contribution in [3.05, 3.63) is 63.7 Å². The van der Waals surface area contributed by atoms with Gasteiger partial charge in [0, 0.05) is 24.7 Å². The number of ether oxygens (including phenoxy) is 1. The Morgan fingerprint density at radius 3 is 2.13 bits per heavy atom. The highest BCUT2D eigenvalue weighted by Crippen LogP contribution is 2.25. The molecule has 1 N–H and O–H groups in total. The van der Waals surface area contributed by atoms with Gasteiger partial charge in [-0.3, -0.25) is 14.9 Å². The summed E-state index contributed by atoms with van der Waals surface area (Å²) in [6.45, 7) is 5.81. The van der Waals surface area contributed by atoms with Crippen LogP contribution >= 0.6 is 0 Å². The van der Waals surface area contributed by atoms with Crippen molar-refractivity contribution >= 4 is 11.6 Å². The number of rotatable bonds is 4. The van der Waals surface area contributed by atoms with Crippen LogP contribution in [0.2, 0.25) is 0 Å². The molecule has 0 aliphatic carbocycles. The van der Waals surface area contributed by atoms with Crippen LogP contribution in [0.15, 0.2) is 42.5 Å². The monoisotopic (exact) mass is 316 g/mol. The first kappa shape index (κ1) is 18.2. The molecule has 6 heteroatoms. The minimum Gasteiger partial charge on any atom is -0.457 e. The average molecular weight is 316 g/mol. The summed E-state index contributed by atoms with van der Waals surface area (Å²) in [5.41, 5.74) is 1.37. The smallest absolute Gasteiger partial charge is 0.269 e. The fourth-order valence-corrected chi connectivity index (χ4v) is 1.86. The van der Waals surface area contributed by atoms with E-state index in [1.807, 2.05) is 20.8 Å². The number of benzene rings is 2. The van der Waals surface area contributed by atoms with Crippen molar-refractivity contribution in [2.45, 2.75) is 20.8 Å². The summed E-state index contributed by atoms with van der Waals surface area (Å²) in [5.74, 6) is 0.899. The molecular formula is C17H20N2O4. The molecule has 0 saturated carbocycles. The van der Waals surface area contributed by atoms with E-state index in [2.05, 4.69) is 5.32 Å². The van der Waals surface area contributed by atoms with Gasteiger partial charge in [-0.2, -0.15) is 0 Å². The molecule has 122 valence electrons. The van der Waals surface area contributed by atoms with E-state index in [0.717, 1.165) is 5.56 Å². The lowest BCUT2D eigenvalue weighted by Gasteiger charge is -2.09. The van der Waals surface area contributed by atoms with Crippen LogP contribution in [-0.4, -0.2) is 17.9 Å². The zero-order chi connectivity index (χ0) is 17.4. The second-order valence-electron chi connectivity index (χ2n) is 4.41. The third-order valence-electron chi connectivity index (χ3n) is 2.95. The van der Waals surface area contributed by atoms with Gasteiger partial charge < -0.3 is 10.1 Å². The van der Waals surface area contributed by atoms with Gasteiger partial charge in [0.05, 0.1) is 4.92 Å². The average Bonchev–Trinajstić information content (AvgIpc) is 2.56. The number of hydrogen-bond donors (Lipinski definition) is 1. The van der Waals surface area contributed by atoms with Gasteiger partial charge in [0.15, 0.2) is 0 Å². The normalized spacial score (nSPS) is 9.39. The Bertz CT molecular complexity index is 681. The molecular weight excluding hydrogens is 296 g/mol. The third kappa shape index (κ3) is 4.81. The minimum atomic E-state index is -0.466. The predicted octanol–water partition coefficient (Wildman–Crippen LogP) is 4.08. The molecule has 0 aliphatic heterocycles. The molecule has 2 aromatic rings. The van der Waals surface area contributed by atoms with Gasteiger partial charge in [0.2, 0.25) is 0 Å². The Kier molecular flexibility index (Phi) is 6.73.